The Morgan fingerprint density at radius 3 is 2.32 bits per heavy atom. The molecule has 0 amide bonds. The lowest BCUT2D eigenvalue weighted by Crippen LogP contribution is -2.63. The van der Waals surface area contributed by atoms with Crippen molar-refractivity contribution in [3.63, 3.8) is 0 Å². The summed E-state index contributed by atoms with van der Waals surface area (Å²) in [7, 11) is 3.53. The highest BCUT2D eigenvalue weighted by atomic mass is 16.5. The summed E-state index contributed by atoms with van der Waals surface area (Å²) in [5.41, 5.74) is 1.11. The number of pyridine rings is 1. The van der Waals surface area contributed by atoms with Crippen LogP contribution in [0.15, 0.2) is 48.8 Å². The molecule has 1 aliphatic rings. The van der Waals surface area contributed by atoms with E-state index in [9.17, 15) is 10.2 Å². The van der Waals surface area contributed by atoms with Crippen molar-refractivity contribution >= 4 is 0 Å². The van der Waals surface area contributed by atoms with Gasteiger partial charge < -0.3 is 19.8 Å². The number of nitrogens with zero attached hydrogens (tertiary/aromatic N) is 4. The van der Waals surface area contributed by atoms with Crippen LogP contribution in [0.5, 0.6) is 6.01 Å². The average Bonchev–Trinajstić information content (AvgIpc) is 2.86. The molecule has 0 saturated carbocycles. The van der Waals surface area contributed by atoms with Crippen LogP contribution in [0.3, 0.4) is 0 Å². The van der Waals surface area contributed by atoms with E-state index >= 15 is 0 Å². The summed E-state index contributed by atoms with van der Waals surface area (Å²) < 4.78 is 5.14. The molecule has 0 radical (unpaired) electrons. The molecule has 1 fully saturated rings. The first-order valence-electron chi connectivity index (χ1n) is 12.5. The Balaban J connectivity index is 1.74. The van der Waals surface area contributed by atoms with Crippen LogP contribution in [0, 0.1) is 24.2 Å². The Bertz CT molecular complexity index is 1330. The van der Waals surface area contributed by atoms with Gasteiger partial charge in [0.15, 0.2) is 5.60 Å². The molecular formula is C30H36N4O3. The molecule has 194 valence electrons. The molecule has 0 aliphatic carbocycles. The number of methoxy groups -OCH3 is 1. The largest absolute Gasteiger partial charge is 0.467 e. The fourth-order valence-electron chi connectivity index (χ4n) is 5.19. The van der Waals surface area contributed by atoms with Gasteiger partial charge in [-0.15, -0.1) is 0 Å². The molecule has 1 aliphatic heterocycles. The lowest BCUT2D eigenvalue weighted by atomic mass is 9.62. The number of aryl methyl sites for hydroxylation is 1. The third kappa shape index (κ3) is 5.10. The zero-order valence-corrected chi connectivity index (χ0v) is 22.7. The molecule has 2 aromatic heterocycles. The third-order valence-corrected chi connectivity index (χ3v) is 7.23. The van der Waals surface area contributed by atoms with Gasteiger partial charge in [0.1, 0.15) is 5.60 Å². The van der Waals surface area contributed by atoms with Crippen LogP contribution < -0.4 is 4.74 Å². The Labute approximate surface area is 219 Å². The van der Waals surface area contributed by atoms with Gasteiger partial charge in [-0.3, -0.25) is 4.98 Å². The van der Waals surface area contributed by atoms with Crippen molar-refractivity contribution in [1.82, 2.24) is 19.9 Å². The second-order valence-corrected chi connectivity index (χ2v) is 10.9. The molecule has 0 spiro atoms. The van der Waals surface area contributed by atoms with Crippen LogP contribution in [-0.2, 0) is 11.2 Å². The van der Waals surface area contributed by atoms with Crippen molar-refractivity contribution in [2.45, 2.75) is 51.7 Å². The summed E-state index contributed by atoms with van der Waals surface area (Å²) in [6.45, 7) is 11.3. The van der Waals surface area contributed by atoms with E-state index in [0.717, 1.165) is 18.7 Å². The van der Waals surface area contributed by atoms with Crippen molar-refractivity contribution in [2.75, 3.05) is 27.2 Å². The van der Waals surface area contributed by atoms with Crippen LogP contribution in [0.1, 0.15) is 67.3 Å². The predicted molar refractivity (Wildman–Crippen MR) is 143 cm³/mol. The van der Waals surface area contributed by atoms with Gasteiger partial charge in [-0.05, 0) is 50.1 Å². The van der Waals surface area contributed by atoms with Crippen LogP contribution in [-0.4, -0.2) is 57.3 Å². The van der Waals surface area contributed by atoms with Crippen LogP contribution in [0.2, 0.25) is 0 Å². The van der Waals surface area contributed by atoms with Crippen molar-refractivity contribution in [2.24, 2.45) is 5.41 Å². The predicted octanol–water partition coefficient (Wildman–Crippen LogP) is 3.76. The minimum absolute atomic E-state index is 0.174. The van der Waals surface area contributed by atoms with Crippen LogP contribution >= 0.6 is 0 Å². The SMILES string of the molecule is COc1nc(C)cc([C@@](C)(O)C#Cc2cncc([C@@](O)(c3ccc(C(C)C)cc3)C3(C)CN(C)C3)c2)n1. The van der Waals surface area contributed by atoms with E-state index in [4.69, 9.17) is 4.74 Å². The summed E-state index contributed by atoms with van der Waals surface area (Å²) in [4.78, 5) is 15.1. The Kier molecular flexibility index (Phi) is 7.13. The molecule has 7 heteroatoms. The van der Waals surface area contributed by atoms with Gasteiger partial charge in [0.2, 0.25) is 0 Å². The average molecular weight is 501 g/mol. The Morgan fingerprint density at radius 1 is 1.05 bits per heavy atom. The topological polar surface area (TPSA) is 91.6 Å². The number of ether oxygens (including phenoxy) is 1. The number of hydrogen-bond donors (Lipinski definition) is 2. The Morgan fingerprint density at radius 2 is 1.73 bits per heavy atom. The highest BCUT2D eigenvalue weighted by molar-refractivity contribution is 5.45. The molecule has 3 heterocycles. The smallest absolute Gasteiger partial charge is 0.316 e. The molecule has 1 aromatic carbocycles. The number of rotatable bonds is 6. The molecule has 2 N–H and O–H groups in total. The number of hydrogen-bond acceptors (Lipinski definition) is 7. The second kappa shape index (κ2) is 9.86. The maximum absolute atomic E-state index is 12.4. The van der Waals surface area contributed by atoms with E-state index in [1.807, 2.05) is 18.2 Å². The number of aromatic nitrogens is 3. The minimum atomic E-state index is -1.54. The molecule has 7 nitrogen and oxygen atoms in total. The summed E-state index contributed by atoms with van der Waals surface area (Å²) in [5.74, 6) is 6.35. The Hall–Kier alpha value is -3.31. The van der Waals surface area contributed by atoms with Gasteiger partial charge in [-0.2, -0.15) is 4.98 Å². The maximum atomic E-state index is 12.4. The number of likely N-dealkylation sites (tertiary alicyclic amines) is 1. The van der Waals surface area contributed by atoms with E-state index in [1.165, 1.54) is 12.7 Å². The molecule has 2 atom stereocenters. The molecule has 3 aromatic rings. The standard InChI is InChI=1S/C30H36N4O3/c1-20(2)23-8-10-24(11-9-23)30(36,28(4)18-34(6)19-28)25-15-22(16-31-17-25)12-13-29(5,35)26-14-21(3)32-27(33-26)37-7/h8-11,14-17,20,35-36H,18-19H2,1-7H3/t29-,30-/m0/s1. The van der Waals surface area contributed by atoms with E-state index in [0.29, 0.717) is 28.4 Å². The number of aliphatic hydroxyl groups is 2. The lowest BCUT2D eigenvalue weighted by molar-refractivity contribution is -0.127. The van der Waals surface area contributed by atoms with Crippen molar-refractivity contribution < 1.29 is 14.9 Å². The quantitative estimate of drug-likeness (QED) is 0.498. The van der Waals surface area contributed by atoms with Crippen molar-refractivity contribution in [3.8, 4) is 17.9 Å². The first-order valence-corrected chi connectivity index (χ1v) is 12.5. The van der Waals surface area contributed by atoms with Crippen LogP contribution in [0.25, 0.3) is 0 Å². The van der Waals surface area contributed by atoms with E-state index < -0.39 is 16.6 Å². The van der Waals surface area contributed by atoms with Crippen molar-refractivity contribution in [3.05, 3.63) is 82.4 Å². The fourth-order valence-corrected chi connectivity index (χ4v) is 5.19. The molecule has 0 bridgehead atoms. The van der Waals surface area contributed by atoms with Gasteiger partial charge >= 0.3 is 6.01 Å². The van der Waals surface area contributed by atoms with Gasteiger partial charge in [0.25, 0.3) is 0 Å². The molecule has 0 unspecified atom stereocenters. The molecule has 4 rings (SSSR count). The van der Waals surface area contributed by atoms with E-state index in [1.54, 1.807) is 32.3 Å². The minimum Gasteiger partial charge on any atom is -0.467 e. The zero-order valence-electron chi connectivity index (χ0n) is 22.7. The van der Waals surface area contributed by atoms with Crippen molar-refractivity contribution in [1.29, 1.82) is 0 Å². The number of benzene rings is 1. The van der Waals surface area contributed by atoms with E-state index in [2.05, 4.69) is 71.6 Å². The normalized spacial score (nSPS) is 18.2. The fraction of sp³-hybridized carbons (Fsp3) is 0.433. The summed E-state index contributed by atoms with van der Waals surface area (Å²) >= 11 is 0. The van der Waals surface area contributed by atoms with Crippen LogP contribution in [0.4, 0.5) is 0 Å². The lowest BCUT2D eigenvalue weighted by Gasteiger charge is -2.55. The summed E-state index contributed by atoms with van der Waals surface area (Å²) in [6, 6.07) is 11.9. The second-order valence-electron chi connectivity index (χ2n) is 10.9. The van der Waals surface area contributed by atoms with Gasteiger partial charge in [0.05, 0.1) is 12.8 Å². The highest BCUT2D eigenvalue weighted by Crippen LogP contribution is 2.50. The summed E-state index contributed by atoms with van der Waals surface area (Å²) in [5, 5.41) is 23.5. The summed E-state index contributed by atoms with van der Waals surface area (Å²) in [6.07, 6.45) is 3.35. The van der Waals surface area contributed by atoms with Gasteiger partial charge in [0, 0.05) is 47.7 Å². The third-order valence-electron chi connectivity index (χ3n) is 7.23. The van der Waals surface area contributed by atoms with Gasteiger partial charge in [-0.25, -0.2) is 4.98 Å². The molecular weight excluding hydrogens is 464 g/mol. The molecule has 1 saturated heterocycles. The first-order chi connectivity index (χ1) is 17.4. The van der Waals surface area contributed by atoms with Gasteiger partial charge in [-0.1, -0.05) is 56.9 Å². The van der Waals surface area contributed by atoms with E-state index in [-0.39, 0.29) is 6.01 Å². The monoisotopic (exact) mass is 500 g/mol. The maximum Gasteiger partial charge on any atom is 0.316 e. The molecule has 37 heavy (non-hydrogen) atoms. The highest BCUT2D eigenvalue weighted by Gasteiger charge is 2.55. The first kappa shape index (κ1) is 26.7. The zero-order chi connectivity index (χ0) is 27.0.